The molecule has 2 saturated heterocycles. The Morgan fingerprint density at radius 2 is 2.00 bits per heavy atom. The number of amides is 3. The maximum atomic E-state index is 12.2. The van der Waals surface area contributed by atoms with Gasteiger partial charge >= 0.3 is 6.03 Å². The third-order valence-electron chi connectivity index (χ3n) is 3.61. The first-order valence-electron chi connectivity index (χ1n) is 6.34. The Morgan fingerprint density at radius 1 is 1.35 bits per heavy atom. The predicted molar refractivity (Wildman–Crippen MR) is 70.0 cm³/mol. The molecule has 3 amide bonds. The standard InChI is InChI=1S/C11H18N2O6S/c1-2-13-10(18)9-5(12-11(13)19)6(16)7(17)8(20-9)4(15)3-14/h4-9,14-17H,2-3H2,1H3,(H,12,19)/t4-,5-,6-,7+,8-,9+/m1/s1. The van der Waals surface area contributed by atoms with Crippen LogP contribution < -0.4 is 5.32 Å². The molecular formula is C11H18N2O6S. The number of carbonyl (C=O) groups is 2. The lowest BCUT2D eigenvalue weighted by molar-refractivity contribution is -0.132. The zero-order chi connectivity index (χ0) is 15.0. The summed E-state index contributed by atoms with van der Waals surface area (Å²) in [5, 5.41) is 39.4. The van der Waals surface area contributed by atoms with Gasteiger partial charge in [0.05, 0.1) is 30.1 Å². The second-order valence-electron chi connectivity index (χ2n) is 4.81. The van der Waals surface area contributed by atoms with Crippen LogP contribution >= 0.6 is 11.8 Å². The lowest BCUT2D eigenvalue weighted by Crippen LogP contribution is -2.70. The van der Waals surface area contributed by atoms with Gasteiger partial charge in [-0.2, -0.15) is 0 Å². The van der Waals surface area contributed by atoms with Crippen molar-refractivity contribution < 1.29 is 30.0 Å². The molecule has 2 aliphatic rings. The van der Waals surface area contributed by atoms with Gasteiger partial charge in [0.2, 0.25) is 5.91 Å². The molecule has 2 fully saturated rings. The van der Waals surface area contributed by atoms with Gasteiger partial charge in [0, 0.05) is 6.54 Å². The van der Waals surface area contributed by atoms with E-state index in [-0.39, 0.29) is 6.54 Å². The lowest BCUT2D eigenvalue weighted by Gasteiger charge is -2.47. The molecule has 2 aliphatic heterocycles. The molecule has 0 bridgehead atoms. The monoisotopic (exact) mass is 306 g/mol. The predicted octanol–water partition coefficient (Wildman–Crippen LogP) is -2.51. The summed E-state index contributed by atoms with van der Waals surface area (Å²) in [4.78, 5) is 24.9. The van der Waals surface area contributed by atoms with Crippen LogP contribution in [-0.4, -0.2) is 85.3 Å². The van der Waals surface area contributed by atoms with Gasteiger partial charge in [0.15, 0.2) is 0 Å². The third kappa shape index (κ3) is 2.40. The number of urea groups is 1. The van der Waals surface area contributed by atoms with Crippen LogP contribution in [0.3, 0.4) is 0 Å². The van der Waals surface area contributed by atoms with E-state index in [0.717, 1.165) is 16.7 Å². The van der Waals surface area contributed by atoms with Crippen molar-refractivity contribution in [2.24, 2.45) is 0 Å². The van der Waals surface area contributed by atoms with Gasteiger partial charge < -0.3 is 25.7 Å². The molecule has 0 spiro atoms. The van der Waals surface area contributed by atoms with Crippen LogP contribution in [-0.2, 0) is 4.79 Å². The Morgan fingerprint density at radius 3 is 2.55 bits per heavy atom. The molecule has 0 aromatic carbocycles. The number of aliphatic hydroxyl groups excluding tert-OH is 4. The molecule has 8 nitrogen and oxygen atoms in total. The zero-order valence-electron chi connectivity index (χ0n) is 10.8. The van der Waals surface area contributed by atoms with Gasteiger partial charge in [-0.1, -0.05) is 0 Å². The molecular weight excluding hydrogens is 288 g/mol. The quantitative estimate of drug-likeness (QED) is 0.389. The van der Waals surface area contributed by atoms with Gasteiger partial charge in [-0.25, -0.2) is 4.79 Å². The molecule has 5 N–H and O–H groups in total. The summed E-state index contributed by atoms with van der Waals surface area (Å²) in [6, 6.07) is -1.51. The maximum absolute atomic E-state index is 12.2. The van der Waals surface area contributed by atoms with Crippen molar-refractivity contribution in [3.63, 3.8) is 0 Å². The number of hydrogen-bond acceptors (Lipinski definition) is 7. The molecule has 2 rings (SSSR count). The Labute approximate surface area is 119 Å². The Kier molecular flexibility index (Phi) is 4.55. The second kappa shape index (κ2) is 5.86. The summed E-state index contributed by atoms with van der Waals surface area (Å²) in [5.74, 6) is -0.465. The number of nitrogens with one attached hydrogen (secondary N) is 1. The number of rotatable bonds is 3. The molecule has 114 valence electrons. The summed E-state index contributed by atoms with van der Waals surface area (Å²) >= 11 is 0.963. The molecule has 6 atom stereocenters. The van der Waals surface area contributed by atoms with Crippen molar-refractivity contribution in [3.05, 3.63) is 0 Å². The van der Waals surface area contributed by atoms with Crippen LogP contribution in [0.2, 0.25) is 0 Å². The third-order valence-corrected chi connectivity index (χ3v) is 5.31. The van der Waals surface area contributed by atoms with E-state index < -0.39 is 53.4 Å². The van der Waals surface area contributed by atoms with Gasteiger partial charge in [0.1, 0.15) is 11.4 Å². The molecule has 20 heavy (non-hydrogen) atoms. The first-order valence-corrected chi connectivity index (χ1v) is 7.29. The zero-order valence-corrected chi connectivity index (χ0v) is 11.7. The minimum Gasteiger partial charge on any atom is -0.394 e. The fourth-order valence-electron chi connectivity index (χ4n) is 2.49. The van der Waals surface area contributed by atoms with Gasteiger partial charge in [-0.15, -0.1) is 11.8 Å². The first-order chi connectivity index (χ1) is 9.42. The highest BCUT2D eigenvalue weighted by Crippen LogP contribution is 2.37. The molecule has 9 heteroatoms. The van der Waals surface area contributed by atoms with E-state index in [2.05, 4.69) is 5.32 Å². The smallest absolute Gasteiger partial charge is 0.324 e. The second-order valence-corrected chi connectivity index (χ2v) is 6.13. The summed E-state index contributed by atoms with van der Waals surface area (Å²) < 4.78 is 0. The normalized spacial score (nSPS) is 39.2. The van der Waals surface area contributed by atoms with Crippen LogP contribution in [0.15, 0.2) is 0 Å². The van der Waals surface area contributed by atoms with E-state index in [9.17, 15) is 24.9 Å². The fourth-order valence-corrected chi connectivity index (χ4v) is 4.06. The highest BCUT2D eigenvalue weighted by atomic mass is 32.2. The summed E-state index contributed by atoms with van der Waals surface area (Å²) in [7, 11) is 0. The minimum absolute atomic E-state index is 0.195. The highest BCUT2D eigenvalue weighted by Gasteiger charge is 2.53. The van der Waals surface area contributed by atoms with Crippen molar-refractivity contribution in [1.29, 1.82) is 0 Å². The Hall–Kier alpha value is -0.870. The molecule has 0 aromatic rings. The first kappa shape index (κ1) is 15.5. The van der Waals surface area contributed by atoms with E-state index in [1.54, 1.807) is 6.92 Å². The van der Waals surface area contributed by atoms with Crippen LogP contribution in [0.25, 0.3) is 0 Å². The number of hydrogen-bond donors (Lipinski definition) is 5. The summed E-state index contributed by atoms with van der Waals surface area (Å²) in [6.45, 7) is 1.26. The largest absolute Gasteiger partial charge is 0.394 e. The average Bonchev–Trinajstić information content (AvgIpc) is 2.43. The number of nitrogens with zero attached hydrogens (tertiary/aromatic N) is 1. The molecule has 0 aromatic heterocycles. The number of aliphatic hydroxyl groups is 4. The number of thioether (sulfide) groups is 1. The molecule has 0 unspecified atom stereocenters. The fraction of sp³-hybridized carbons (Fsp3) is 0.818. The molecule has 0 aliphatic carbocycles. The number of carbonyl (C=O) groups excluding carboxylic acids is 2. The maximum Gasteiger partial charge on any atom is 0.324 e. The van der Waals surface area contributed by atoms with Crippen LogP contribution in [0, 0.1) is 0 Å². The molecule has 0 radical (unpaired) electrons. The van der Waals surface area contributed by atoms with Crippen LogP contribution in [0.5, 0.6) is 0 Å². The molecule has 0 saturated carbocycles. The van der Waals surface area contributed by atoms with E-state index in [0.29, 0.717) is 0 Å². The van der Waals surface area contributed by atoms with E-state index in [1.807, 2.05) is 0 Å². The average molecular weight is 306 g/mol. The topological polar surface area (TPSA) is 130 Å². The van der Waals surface area contributed by atoms with Gasteiger partial charge in [0.25, 0.3) is 0 Å². The number of fused-ring (bicyclic) bond motifs is 1. The Balaban J connectivity index is 2.25. The van der Waals surface area contributed by atoms with E-state index in [4.69, 9.17) is 5.11 Å². The molecule has 2 heterocycles. The Bertz CT molecular complexity index is 408. The van der Waals surface area contributed by atoms with Crippen LogP contribution in [0.1, 0.15) is 6.92 Å². The van der Waals surface area contributed by atoms with Gasteiger partial charge in [-0.05, 0) is 6.92 Å². The van der Waals surface area contributed by atoms with Crippen molar-refractivity contribution >= 4 is 23.7 Å². The van der Waals surface area contributed by atoms with E-state index in [1.165, 1.54) is 0 Å². The van der Waals surface area contributed by atoms with Gasteiger partial charge in [-0.3, -0.25) is 9.69 Å². The van der Waals surface area contributed by atoms with Crippen LogP contribution in [0.4, 0.5) is 4.79 Å². The highest BCUT2D eigenvalue weighted by molar-refractivity contribution is 8.01. The number of imide groups is 1. The van der Waals surface area contributed by atoms with E-state index >= 15 is 0 Å². The summed E-state index contributed by atoms with van der Waals surface area (Å²) in [5.41, 5.74) is 0. The minimum atomic E-state index is -1.38. The van der Waals surface area contributed by atoms with Crippen molar-refractivity contribution in [2.45, 2.75) is 41.8 Å². The van der Waals surface area contributed by atoms with Crippen molar-refractivity contribution in [3.8, 4) is 0 Å². The lowest BCUT2D eigenvalue weighted by atomic mass is 9.94. The summed E-state index contributed by atoms with van der Waals surface area (Å²) in [6.07, 6.45) is -3.98. The van der Waals surface area contributed by atoms with Crippen molar-refractivity contribution in [1.82, 2.24) is 10.2 Å². The SMILES string of the molecule is CCN1C(=O)N[C@@H]2[C@@H](O)[C@H](O)[C@@H]([C@H](O)CO)S[C@@H]2C1=O. The van der Waals surface area contributed by atoms with Crippen molar-refractivity contribution in [2.75, 3.05) is 13.2 Å².